The quantitative estimate of drug-likeness (QED) is 0.760. The standard InChI is InChI=1S/C11H12F3N3O3/c12-11(13,14)7-3-6(4-15)1-2-8(7)20-5-9(18)17-10(16)19/h1-3H,4-5,15H2,(H3,16,17,18,19). The van der Waals surface area contributed by atoms with E-state index in [1.54, 1.807) is 5.32 Å². The molecule has 1 aromatic rings. The fourth-order valence-corrected chi connectivity index (χ4v) is 1.37. The lowest BCUT2D eigenvalue weighted by molar-refractivity contribution is -0.139. The predicted molar refractivity (Wildman–Crippen MR) is 62.6 cm³/mol. The third kappa shape index (κ3) is 4.43. The van der Waals surface area contributed by atoms with Gasteiger partial charge in [0, 0.05) is 6.54 Å². The molecule has 0 unspecified atom stereocenters. The SMILES string of the molecule is NCc1ccc(OCC(=O)NC(N)=O)c(C(F)(F)F)c1. The first-order valence-corrected chi connectivity index (χ1v) is 5.36. The Morgan fingerprint density at radius 1 is 1.30 bits per heavy atom. The van der Waals surface area contributed by atoms with E-state index in [1.165, 1.54) is 6.07 Å². The highest BCUT2D eigenvalue weighted by Gasteiger charge is 2.34. The van der Waals surface area contributed by atoms with Gasteiger partial charge in [-0.25, -0.2) is 4.79 Å². The van der Waals surface area contributed by atoms with E-state index in [0.29, 0.717) is 0 Å². The maximum atomic E-state index is 12.8. The van der Waals surface area contributed by atoms with Crippen LogP contribution in [0.25, 0.3) is 0 Å². The summed E-state index contributed by atoms with van der Waals surface area (Å²) >= 11 is 0. The van der Waals surface area contributed by atoms with E-state index in [4.69, 9.17) is 10.5 Å². The summed E-state index contributed by atoms with van der Waals surface area (Å²) in [5, 5.41) is 1.67. The Hall–Kier alpha value is -2.29. The van der Waals surface area contributed by atoms with Crippen molar-refractivity contribution >= 4 is 11.9 Å². The van der Waals surface area contributed by atoms with Crippen molar-refractivity contribution in [2.75, 3.05) is 6.61 Å². The molecule has 0 bridgehead atoms. The summed E-state index contributed by atoms with van der Waals surface area (Å²) in [7, 11) is 0. The third-order valence-corrected chi connectivity index (χ3v) is 2.21. The van der Waals surface area contributed by atoms with Gasteiger partial charge in [0.15, 0.2) is 6.61 Å². The summed E-state index contributed by atoms with van der Waals surface area (Å²) in [4.78, 5) is 21.4. The Bertz CT molecular complexity index is 517. The zero-order valence-electron chi connectivity index (χ0n) is 10.2. The van der Waals surface area contributed by atoms with Gasteiger partial charge in [0.2, 0.25) is 0 Å². The molecule has 0 aliphatic carbocycles. The first-order chi connectivity index (χ1) is 9.24. The summed E-state index contributed by atoms with van der Waals surface area (Å²) in [6.45, 7) is -0.834. The van der Waals surface area contributed by atoms with Crippen molar-refractivity contribution in [2.45, 2.75) is 12.7 Å². The number of benzene rings is 1. The molecule has 1 rings (SSSR count). The second-order valence-electron chi connectivity index (χ2n) is 3.73. The summed E-state index contributed by atoms with van der Waals surface area (Å²) in [6.07, 6.45) is -4.65. The van der Waals surface area contributed by atoms with Gasteiger partial charge in [-0.05, 0) is 17.7 Å². The second-order valence-corrected chi connectivity index (χ2v) is 3.73. The van der Waals surface area contributed by atoms with Crippen LogP contribution in [0.4, 0.5) is 18.0 Å². The van der Waals surface area contributed by atoms with Gasteiger partial charge in [-0.15, -0.1) is 0 Å². The van der Waals surface area contributed by atoms with E-state index >= 15 is 0 Å². The van der Waals surface area contributed by atoms with Crippen molar-refractivity contribution in [3.63, 3.8) is 0 Å². The van der Waals surface area contributed by atoms with Crippen LogP contribution in [0.3, 0.4) is 0 Å². The molecule has 1 aromatic carbocycles. The van der Waals surface area contributed by atoms with E-state index in [0.717, 1.165) is 12.1 Å². The molecule has 0 spiro atoms. The number of primary amides is 1. The lowest BCUT2D eigenvalue weighted by atomic mass is 10.1. The number of nitrogens with two attached hydrogens (primary N) is 2. The number of carbonyl (C=O) groups is 2. The molecule has 0 heterocycles. The molecule has 0 fully saturated rings. The van der Waals surface area contributed by atoms with Gasteiger partial charge in [0.1, 0.15) is 5.75 Å². The molecule has 0 atom stereocenters. The maximum absolute atomic E-state index is 12.8. The molecule has 9 heteroatoms. The summed E-state index contributed by atoms with van der Waals surface area (Å²) < 4.78 is 43.2. The smallest absolute Gasteiger partial charge is 0.419 e. The number of alkyl halides is 3. The Kier molecular flexibility index (Phi) is 4.92. The molecular weight excluding hydrogens is 279 g/mol. The number of urea groups is 1. The lowest BCUT2D eigenvalue weighted by Crippen LogP contribution is -2.38. The highest BCUT2D eigenvalue weighted by Crippen LogP contribution is 2.36. The third-order valence-electron chi connectivity index (χ3n) is 2.21. The van der Waals surface area contributed by atoms with Gasteiger partial charge in [-0.1, -0.05) is 6.07 Å². The van der Waals surface area contributed by atoms with Crippen molar-refractivity contribution in [3.8, 4) is 5.75 Å². The van der Waals surface area contributed by atoms with Gasteiger partial charge in [-0.2, -0.15) is 13.2 Å². The molecule has 20 heavy (non-hydrogen) atoms. The average Bonchev–Trinajstić information content (AvgIpc) is 2.34. The normalized spacial score (nSPS) is 11.0. The fraction of sp³-hybridized carbons (Fsp3) is 0.273. The van der Waals surface area contributed by atoms with Crippen molar-refractivity contribution in [1.29, 1.82) is 0 Å². The highest BCUT2D eigenvalue weighted by molar-refractivity contribution is 5.94. The Morgan fingerprint density at radius 2 is 1.95 bits per heavy atom. The molecule has 0 aliphatic rings. The van der Waals surface area contributed by atoms with E-state index in [9.17, 15) is 22.8 Å². The molecule has 6 nitrogen and oxygen atoms in total. The molecular formula is C11H12F3N3O3. The van der Waals surface area contributed by atoms with Crippen LogP contribution >= 0.6 is 0 Å². The van der Waals surface area contributed by atoms with E-state index in [2.05, 4.69) is 5.73 Å². The van der Waals surface area contributed by atoms with Crippen LogP contribution in [-0.4, -0.2) is 18.5 Å². The van der Waals surface area contributed by atoms with E-state index < -0.39 is 36.0 Å². The maximum Gasteiger partial charge on any atom is 0.419 e. The summed E-state index contributed by atoms with van der Waals surface area (Å²) in [5.41, 5.74) is 9.17. The van der Waals surface area contributed by atoms with E-state index in [-0.39, 0.29) is 12.1 Å². The van der Waals surface area contributed by atoms with Crippen molar-refractivity contribution < 1.29 is 27.5 Å². The Morgan fingerprint density at radius 3 is 2.45 bits per heavy atom. The molecule has 110 valence electrons. The van der Waals surface area contributed by atoms with Crippen LogP contribution in [0.1, 0.15) is 11.1 Å². The molecule has 0 saturated heterocycles. The van der Waals surface area contributed by atoms with Crippen molar-refractivity contribution in [3.05, 3.63) is 29.3 Å². The topological polar surface area (TPSA) is 107 Å². The van der Waals surface area contributed by atoms with Gasteiger partial charge < -0.3 is 16.2 Å². The van der Waals surface area contributed by atoms with E-state index in [1.807, 2.05) is 0 Å². The molecule has 0 radical (unpaired) electrons. The lowest BCUT2D eigenvalue weighted by Gasteiger charge is -2.14. The minimum absolute atomic E-state index is 0.0640. The van der Waals surface area contributed by atoms with Crippen LogP contribution in [0.2, 0.25) is 0 Å². The fourth-order valence-electron chi connectivity index (χ4n) is 1.37. The number of nitrogens with one attached hydrogen (secondary N) is 1. The zero-order chi connectivity index (χ0) is 15.3. The molecule has 3 amide bonds. The van der Waals surface area contributed by atoms with Crippen molar-refractivity contribution in [1.82, 2.24) is 5.32 Å². The largest absolute Gasteiger partial charge is 0.483 e. The van der Waals surface area contributed by atoms with Gasteiger partial charge in [0.25, 0.3) is 5.91 Å². The van der Waals surface area contributed by atoms with Gasteiger partial charge in [0.05, 0.1) is 5.56 Å². The van der Waals surface area contributed by atoms with Crippen LogP contribution < -0.4 is 21.5 Å². The highest BCUT2D eigenvalue weighted by atomic mass is 19.4. The van der Waals surface area contributed by atoms with Crippen LogP contribution in [0.5, 0.6) is 5.75 Å². The Balaban J connectivity index is 2.89. The molecule has 5 N–H and O–H groups in total. The molecule has 0 saturated carbocycles. The monoisotopic (exact) mass is 291 g/mol. The number of carbonyl (C=O) groups excluding carboxylic acids is 2. The Labute approximate surface area is 111 Å². The number of amides is 3. The summed E-state index contributed by atoms with van der Waals surface area (Å²) in [5.74, 6) is -1.48. The number of ether oxygens (including phenoxy) is 1. The number of imide groups is 1. The van der Waals surface area contributed by atoms with Crippen LogP contribution in [0, 0.1) is 0 Å². The van der Waals surface area contributed by atoms with Crippen molar-refractivity contribution in [2.24, 2.45) is 11.5 Å². The molecule has 0 aliphatic heterocycles. The van der Waals surface area contributed by atoms with Gasteiger partial charge in [-0.3, -0.25) is 10.1 Å². The van der Waals surface area contributed by atoms with Crippen LogP contribution in [0.15, 0.2) is 18.2 Å². The minimum Gasteiger partial charge on any atom is -0.483 e. The predicted octanol–water partition coefficient (Wildman–Crippen LogP) is 0.738. The number of hydrogen-bond donors (Lipinski definition) is 3. The summed E-state index contributed by atoms with van der Waals surface area (Å²) in [6, 6.07) is 2.12. The number of rotatable bonds is 4. The number of hydrogen-bond acceptors (Lipinski definition) is 4. The first-order valence-electron chi connectivity index (χ1n) is 5.36. The van der Waals surface area contributed by atoms with Gasteiger partial charge >= 0.3 is 12.2 Å². The number of halogens is 3. The first kappa shape index (κ1) is 15.8. The minimum atomic E-state index is -4.65. The van der Waals surface area contributed by atoms with Crippen LogP contribution in [-0.2, 0) is 17.5 Å². The molecule has 0 aromatic heterocycles. The zero-order valence-corrected chi connectivity index (χ0v) is 10.2. The second kappa shape index (κ2) is 6.24. The average molecular weight is 291 g/mol.